The van der Waals surface area contributed by atoms with Crippen molar-refractivity contribution in [1.29, 1.82) is 0 Å². The number of nitro benzene ring substituents is 1. The van der Waals surface area contributed by atoms with Crippen molar-refractivity contribution in [2.24, 2.45) is 0 Å². The van der Waals surface area contributed by atoms with Gasteiger partial charge in [0.05, 0.1) is 15.5 Å². The number of rotatable bonds is 4. The van der Waals surface area contributed by atoms with Crippen LogP contribution >= 0.6 is 11.6 Å². The minimum absolute atomic E-state index is 0.0702. The van der Waals surface area contributed by atoms with Crippen molar-refractivity contribution in [1.82, 2.24) is 9.88 Å². The lowest BCUT2D eigenvalue weighted by Gasteiger charge is -2.35. The number of nitro groups is 1. The molecule has 0 radical (unpaired) electrons. The number of hydrogen-bond donors (Lipinski definition) is 0. The topological polar surface area (TPSA) is 79.6 Å². The highest BCUT2D eigenvalue weighted by molar-refractivity contribution is 6.33. The monoisotopic (exact) mass is 440 g/mol. The molecule has 1 saturated heterocycles. The zero-order valence-corrected chi connectivity index (χ0v) is 16.2. The molecule has 1 aromatic carbocycles. The molecule has 7 nitrogen and oxygen atoms in total. The van der Waals surface area contributed by atoms with Crippen molar-refractivity contribution in [3.63, 3.8) is 0 Å². The average molecular weight is 441 g/mol. The Morgan fingerprint density at radius 2 is 1.90 bits per heavy atom. The van der Waals surface area contributed by atoms with Crippen LogP contribution in [0.1, 0.15) is 11.1 Å². The third-order valence-electron chi connectivity index (χ3n) is 4.54. The minimum Gasteiger partial charge on any atom is -0.352 e. The van der Waals surface area contributed by atoms with Gasteiger partial charge < -0.3 is 9.80 Å². The maximum atomic E-state index is 12.7. The fraction of sp³-hybridized carbons (Fsp3) is 0.263. The number of pyridine rings is 1. The van der Waals surface area contributed by atoms with Crippen LogP contribution < -0.4 is 4.90 Å². The first-order valence-corrected chi connectivity index (χ1v) is 9.22. The second-order valence-electron chi connectivity index (χ2n) is 6.52. The number of anilines is 1. The lowest BCUT2D eigenvalue weighted by Crippen LogP contribution is -2.48. The Morgan fingerprint density at radius 1 is 1.20 bits per heavy atom. The van der Waals surface area contributed by atoms with Crippen molar-refractivity contribution in [3.05, 3.63) is 68.9 Å². The summed E-state index contributed by atoms with van der Waals surface area (Å²) >= 11 is 5.98. The second-order valence-corrected chi connectivity index (χ2v) is 6.93. The molecule has 0 N–H and O–H groups in total. The standard InChI is InChI=1S/C19H16ClF3N4O3/c20-16-11-14(19(21,22)23)12-24-18(16)26-8-6-25(7-9-26)17(28)5-4-13-2-1-3-15(10-13)27(29)30/h1-5,10-12H,6-9H2/b5-4+. The third-order valence-corrected chi connectivity index (χ3v) is 4.82. The lowest BCUT2D eigenvalue weighted by molar-refractivity contribution is -0.384. The Kier molecular flexibility index (Phi) is 6.25. The SMILES string of the molecule is O=C(/C=C/c1cccc([N+](=O)[O-])c1)N1CCN(c2ncc(C(F)(F)F)cc2Cl)CC1. The number of nitrogens with zero attached hydrogens (tertiary/aromatic N) is 4. The van der Waals surface area contributed by atoms with Crippen molar-refractivity contribution in [2.45, 2.75) is 6.18 Å². The number of alkyl halides is 3. The number of halogens is 4. The van der Waals surface area contributed by atoms with E-state index in [1.807, 2.05) is 0 Å². The Balaban J connectivity index is 1.61. The first-order valence-electron chi connectivity index (χ1n) is 8.84. The van der Waals surface area contributed by atoms with E-state index in [1.54, 1.807) is 15.9 Å². The lowest BCUT2D eigenvalue weighted by atomic mass is 10.2. The number of carbonyl (C=O) groups excluding carboxylic acids is 1. The molecule has 0 unspecified atom stereocenters. The van der Waals surface area contributed by atoms with E-state index >= 15 is 0 Å². The molecule has 0 bridgehead atoms. The summed E-state index contributed by atoms with van der Waals surface area (Å²) in [6, 6.07) is 6.73. The highest BCUT2D eigenvalue weighted by Crippen LogP contribution is 2.33. The number of aromatic nitrogens is 1. The molecule has 0 spiro atoms. The molecular formula is C19H16ClF3N4O3. The predicted molar refractivity (Wildman–Crippen MR) is 105 cm³/mol. The first-order chi connectivity index (χ1) is 14.1. The Morgan fingerprint density at radius 3 is 2.50 bits per heavy atom. The number of benzene rings is 1. The molecule has 2 heterocycles. The third kappa shape index (κ3) is 5.07. The zero-order valence-electron chi connectivity index (χ0n) is 15.5. The van der Waals surface area contributed by atoms with Crippen LogP contribution in [-0.2, 0) is 11.0 Å². The van der Waals surface area contributed by atoms with E-state index in [-0.39, 0.29) is 22.4 Å². The molecule has 1 aliphatic rings. The molecule has 0 aliphatic carbocycles. The van der Waals surface area contributed by atoms with Crippen LogP contribution in [0.5, 0.6) is 0 Å². The zero-order chi connectivity index (χ0) is 21.9. The van der Waals surface area contributed by atoms with Gasteiger partial charge in [-0.15, -0.1) is 0 Å². The summed E-state index contributed by atoms with van der Waals surface area (Å²) in [5.41, 5.74) is -0.465. The van der Waals surface area contributed by atoms with E-state index in [0.717, 1.165) is 12.3 Å². The summed E-state index contributed by atoms with van der Waals surface area (Å²) in [7, 11) is 0. The number of carbonyl (C=O) groups is 1. The van der Waals surface area contributed by atoms with E-state index < -0.39 is 16.7 Å². The highest BCUT2D eigenvalue weighted by Gasteiger charge is 2.32. The largest absolute Gasteiger partial charge is 0.417 e. The molecule has 0 atom stereocenters. The van der Waals surface area contributed by atoms with Crippen LogP contribution in [0.25, 0.3) is 6.08 Å². The summed E-state index contributed by atoms with van der Waals surface area (Å²) in [6.07, 6.45) is -0.958. The molecule has 1 aromatic heterocycles. The fourth-order valence-corrected chi connectivity index (χ4v) is 3.26. The van der Waals surface area contributed by atoms with E-state index in [4.69, 9.17) is 11.6 Å². The Hall–Kier alpha value is -3.14. The molecule has 1 fully saturated rings. The van der Waals surface area contributed by atoms with Gasteiger partial charge in [0.2, 0.25) is 5.91 Å². The molecular weight excluding hydrogens is 425 g/mol. The second kappa shape index (κ2) is 8.70. The van der Waals surface area contributed by atoms with Gasteiger partial charge in [-0.05, 0) is 17.7 Å². The number of amides is 1. The molecule has 2 aromatic rings. The number of piperazine rings is 1. The molecule has 0 saturated carbocycles. The molecule has 158 valence electrons. The smallest absolute Gasteiger partial charge is 0.352 e. The Labute approximate surface area is 174 Å². The van der Waals surface area contributed by atoms with Crippen molar-refractivity contribution < 1.29 is 22.9 Å². The normalized spacial score (nSPS) is 14.9. The molecule has 11 heteroatoms. The van der Waals surface area contributed by atoms with Gasteiger partial charge in [0.15, 0.2) is 0 Å². The van der Waals surface area contributed by atoms with Crippen LogP contribution in [0.4, 0.5) is 24.7 Å². The summed E-state index contributed by atoms with van der Waals surface area (Å²) in [5, 5.41) is 10.7. The van der Waals surface area contributed by atoms with Gasteiger partial charge in [-0.2, -0.15) is 13.2 Å². The maximum Gasteiger partial charge on any atom is 0.417 e. The van der Waals surface area contributed by atoms with E-state index in [1.165, 1.54) is 30.4 Å². The van der Waals surface area contributed by atoms with Crippen LogP contribution in [0.15, 0.2) is 42.6 Å². The van der Waals surface area contributed by atoms with Gasteiger partial charge in [0.1, 0.15) is 5.82 Å². The van der Waals surface area contributed by atoms with Crippen molar-refractivity contribution in [3.8, 4) is 0 Å². The van der Waals surface area contributed by atoms with Gasteiger partial charge in [-0.25, -0.2) is 4.98 Å². The van der Waals surface area contributed by atoms with Gasteiger partial charge >= 0.3 is 6.18 Å². The quantitative estimate of drug-likeness (QED) is 0.407. The molecule has 30 heavy (non-hydrogen) atoms. The van der Waals surface area contributed by atoms with Crippen LogP contribution in [0.3, 0.4) is 0 Å². The van der Waals surface area contributed by atoms with Gasteiger partial charge in [0, 0.05) is 50.6 Å². The summed E-state index contributed by atoms with van der Waals surface area (Å²) in [6.45, 7) is 1.37. The average Bonchev–Trinajstić information content (AvgIpc) is 2.71. The first kappa shape index (κ1) is 21.6. The summed E-state index contributed by atoms with van der Waals surface area (Å²) in [5.74, 6) is -0.0310. The van der Waals surface area contributed by atoms with Crippen molar-refractivity contribution in [2.75, 3.05) is 31.1 Å². The van der Waals surface area contributed by atoms with Gasteiger partial charge in [0.25, 0.3) is 5.69 Å². The van der Waals surface area contributed by atoms with Gasteiger partial charge in [-0.1, -0.05) is 23.7 Å². The van der Waals surface area contributed by atoms with E-state index in [9.17, 15) is 28.1 Å². The summed E-state index contributed by atoms with van der Waals surface area (Å²) in [4.78, 5) is 29.8. The van der Waals surface area contributed by atoms with E-state index in [2.05, 4.69) is 4.98 Å². The maximum absolute atomic E-state index is 12.7. The van der Waals surface area contributed by atoms with Crippen LogP contribution in [0.2, 0.25) is 5.02 Å². The van der Waals surface area contributed by atoms with Crippen LogP contribution in [-0.4, -0.2) is 46.9 Å². The highest BCUT2D eigenvalue weighted by atomic mass is 35.5. The predicted octanol–water partition coefficient (Wildman–Crippen LogP) is 4.02. The summed E-state index contributed by atoms with van der Waals surface area (Å²) < 4.78 is 38.2. The minimum atomic E-state index is -4.52. The van der Waals surface area contributed by atoms with Gasteiger partial charge in [-0.3, -0.25) is 14.9 Å². The van der Waals surface area contributed by atoms with E-state index in [0.29, 0.717) is 31.7 Å². The van der Waals surface area contributed by atoms with Crippen molar-refractivity contribution >= 4 is 35.1 Å². The van der Waals surface area contributed by atoms with Crippen LogP contribution in [0, 0.1) is 10.1 Å². The molecule has 1 aliphatic heterocycles. The number of non-ortho nitro benzene ring substituents is 1. The molecule has 1 amide bonds. The number of hydrogen-bond acceptors (Lipinski definition) is 5. The fourth-order valence-electron chi connectivity index (χ4n) is 2.97. The molecule has 3 rings (SSSR count). The Bertz CT molecular complexity index is 989.